The third-order valence-corrected chi connectivity index (χ3v) is 4.51. The smallest absolute Gasteiger partial charge is 0.268 e. The number of hydrogen-bond acceptors (Lipinski definition) is 3. The number of sulfonamides is 1. The fourth-order valence-electron chi connectivity index (χ4n) is 1.87. The number of nitrogens with two attached hydrogens (primary N) is 1. The Morgan fingerprint density at radius 2 is 2.00 bits per heavy atom. The van der Waals surface area contributed by atoms with E-state index >= 15 is 0 Å². The Morgan fingerprint density at radius 1 is 1.40 bits per heavy atom. The number of amides is 1. The summed E-state index contributed by atoms with van der Waals surface area (Å²) >= 11 is 0. The lowest BCUT2D eigenvalue weighted by Gasteiger charge is -2.20. The quantitative estimate of drug-likeness (QED) is 0.829. The van der Waals surface area contributed by atoms with Crippen LogP contribution < -0.4 is 10.5 Å². The van der Waals surface area contributed by atoms with Crippen LogP contribution in [0.5, 0.6) is 0 Å². The van der Waals surface area contributed by atoms with Crippen molar-refractivity contribution >= 4 is 15.9 Å². The topological polar surface area (TPSA) is 94.2 Å². The number of rotatable bonds is 6. The monoisotopic (exact) mass is 301 g/mol. The zero-order valence-corrected chi connectivity index (χ0v) is 13.2. The van der Waals surface area contributed by atoms with Crippen LogP contribution in [0, 0.1) is 5.92 Å². The largest absolute Gasteiger partial charge is 0.348 e. The lowest BCUT2D eigenvalue weighted by Crippen LogP contribution is -2.37. The molecule has 0 spiro atoms. The summed E-state index contributed by atoms with van der Waals surface area (Å²) in [5.41, 5.74) is 0.312. The van der Waals surface area contributed by atoms with Crippen LogP contribution in [0.2, 0.25) is 0 Å². The minimum absolute atomic E-state index is 0.0191. The molecular weight excluding hydrogens is 278 g/mol. The summed E-state index contributed by atoms with van der Waals surface area (Å²) < 4.78 is 24.3. The van der Waals surface area contributed by atoms with E-state index in [1.807, 2.05) is 13.8 Å². The first-order valence-electron chi connectivity index (χ1n) is 6.74. The van der Waals surface area contributed by atoms with E-state index in [4.69, 9.17) is 5.14 Å². The van der Waals surface area contributed by atoms with E-state index in [-0.39, 0.29) is 16.8 Å². The molecule has 20 heavy (non-hydrogen) atoms. The van der Waals surface area contributed by atoms with Crippen molar-refractivity contribution in [2.75, 3.05) is 0 Å². The van der Waals surface area contributed by atoms with Gasteiger partial charge in [0.25, 0.3) is 5.91 Å². The lowest BCUT2D eigenvalue weighted by molar-refractivity contribution is 0.0919. The second-order valence-electron chi connectivity index (χ2n) is 5.04. The van der Waals surface area contributed by atoms with Crippen molar-refractivity contribution < 1.29 is 13.2 Å². The Labute approximate surface area is 120 Å². The minimum Gasteiger partial charge on any atom is -0.348 e. The molecule has 1 rings (SSSR count). The SMILES string of the molecule is CCC(C)C(C)NC(=O)c1cc(S(N)(=O)=O)cn1CC. The van der Waals surface area contributed by atoms with Crippen molar-refractivity contribution in [1.82, 2.24) is 9.88 Å². The van der Waals surface area contributed by atoms with Crippen LogP contribution in [0.1, 0.15) is 44.6 Å². The molecule has 0 aliphatic heterocycles. The standard InChI is InChI=1S/C13H23N3O3S/c1-5-9(3)10(4)15-13(17)12-7-11(20(14,18)19)8-16(12)6-2/h7-10H,5-6H2,1-4H3,(H,15,17)(H2,14,18,19). The molecule has 114 valence electrons. The Bertz CT molecular complexity index is 578. The number of carbonyl (C=O) groups is 1. The van der Waals surface area contributed by atoms with Crippen LogP contribution in [0.25, 0.3) is 0 Å². The van der Waals surface area contributed by atoms with E-state index in [1.54, 1.807) is 4.57 Å². The summed E-state index contributed by atoms with van der Waals surface area (Å²) in [7, 11) is -3.80. The van der Waals surface area contributed by atoms with Gasteiger partial charge in [0.2, 0.25) is 10.0 Å². The third-order valence-electron chi connectivity index (χ3n) is 3.63. The molecule has 0 aromatic carbocycles. The highest BCUT2D eigenvalue weighted by Crippen LogP contribution is 2.14. The Balaban J connectivity index is 3.01. The average molecular weight is 301 g/mol. The van der Waals surface area contributed by atoms with Crippen molar-refractivity contribution in [3.05, 3.63) is 18.0 Å². The van der Waals surface area contributed by atoms with Crippen molar-refractivity contribution in [1.29, 1.82) is 0 Å². The van der Waals surface area contributed by atoms with Gasteiger partial charge in [0.05, 0.1) is 0 Å². The summed E-state index contributed by atoms with van der Waals surface area (Å²) in [5, 5.41) is 7.98. The van der Waals surface area contributed by atoms with E-state index in [2.05, 4.69) is 19.2 Å². The zero-order chi connectivity index (χ0) is 15.5. The second-order valence-corrected chi connectivity index (χ2v) is 6.60. The van der Waals surface area contributed by atoms with Gasteiger partial charge in [-0.15, -0.1) is 0 Å². The number of primary sulfonamides is 1. The number of nitrogens with zero attached hydrogens (tertiary/aromatic N) is 1. The van der Waals surface area contributed by atoms with E-state index < -0.39 is 10.0 Å². The Hall–Kier alpha value is -1.34. The molecule has 1 aromatic heterocycles. The van der Waals surface area contributed by atoms with Gasteiger partial charge in [-0.25, -0.2) is 13.6 Å². The van der Waals surface area contributed by atoms with Crippen LogP contribution >= 0.6 is 0 Å². The van der Waals surface area contributed by atoms with Gasteiger partial charge in [0.15, 0.2) is 0 Å². The van der Waals surface area contributed by atoms with E-state index in [1.165, 1.54) is 12.3 Å². The van der Waals surface area contributed by atoms with Crippen molar-refractivity contribution in [3.63, 3.8) is 0 Å². The molecule has 0 saturated carbocycles. The van der Waals surface area contributed by atoms with E-state index in [0.29, 0.717) is 18.2 Å². The Kier molecular flexibility index (Phi) is 5.35. The van der Waals surface area contributed by atoms with Crippen molar-refractivity contribution in [2.24, 2.45) is 11.1 Å². The van der Waals surface area contributed by atoms with Crippen LogP contribution in [0.4, 0.5) is 0 Å². The maximum atomic E-state index is 12.2. The fraction of sp³-hybridized carbons (Fsp3) is 0.615. The van der Waals surface area contributed by atoms with Gasteiger partial charge in [-0.2, -0.15) is 0 Å². The van der Waals surface area contributed by atoms with Crippen LogP contribution in [-0.2, 0) is 16.6 Å². The van der Waals surface area contributed by atoms with Gasteiger partial charge in [0.1, 0.15) is 10.6 Å². The molecule has 0 aliphatic rings. The molecule has 0 aliphatic carbocycles. The lowest BCUT2D eigenvalue weighted by atomic mass is 10.0. The van der Waals surface area contributed by atoms with Crippen molar-refractivity contribution in [2.45, 2.75) is 51.6 Å². The molecule has 6 nitrogen and oxygen atoms in total. The average Bonchev–Trinajstić information content (AvgIpc) is 2.81. The van der Waals surface area contributed by atoms with Gasteiger partial charge in [-0.1, -0.05) is 20.3 Å². The van der Waals surface area contributed by atoms with E-state index in [9.17, 15) is 13.2 Å². The summed E-state index contributed by atoms with van der Waals surface area (Å²) in [6.45, 7) is 8.38. The molecule has 0 bridgehead atoms. The number of aryl methyl sites for hydroxylation is 1. The molecule has 1 amide bonds. The van der Waals surface area contributed by atoms with E-state index in [0.717, 1.165) is 6.42 Å². The molecule has 0 radical (unpaired) electrons. The molecule has 2 atom stereocenters. The predicted molar refractivity (Wildman–Crippen MR) is 77.9 cm³/mol. The van der Waals surface area contributed by atoms with Crippen LogP contribution in [-0.4, -0.2) is 24.9 Å². The van der Waals surface area contributed by atoms with Gasteiger partial charge in [-0.3, -0.25) is 4.79 Å². The maximum Gasteiger partial charge on any atom is 0.268 e. The number of aromatic nitrogens is 1. The first kappa shape index (κ1) is 16.7. The highest BCUT2D eigenvalue weighted by atomic mass is 32.2. The van der Waals surface area contributed by atoms with Crippen LogP contribution in [0.3, 0.4) is 0 Å². The second kappa shape index (κ2) is 6.41. The molecular formula is C13H23N3O3S. The number of nitrogens with one attached hydrogen (secondary N) is 1. The molecule has 1 aromatic rings. The molecule has 2 unspecified atom stereocenters. The fourth-order valence-corrected chi connectivity index (χ4v) is 2.42. The highest BCUT2D eigenvalue weighted by molar-refractivity contribution is 7.89. The molecule has 3 N–H and O–H groups in total. The number of hydrogen-bond donors (Lipinski definition) is 2. The summed E-state index contributed by atoms with van der Waals surface area (Å²) in [4.78, 5) is 12.2. The van der Waals surface area contributed by atoms with Gasteiger partial charge in [-0.05, 0) is 25.8 Å². The van der Waals surface area contributed by atoms with Gasteiger partial charge in [0, 0.05) is 18.8 Å². The minimum atomic E-state index is -3.80. The predicted octanol–water partition coefficient (Wildman–Crippen LogP) is 1.32. The summed E-state index contributed by atoms with van der Waals surface area (Å²) in [6, 6.07) is 1.34. The zero-order valence-electron chi connectivity index (χ0n) is 12.4. The molecule has 0 fully saturated rings. The summed E-state index contributed by atoms with van der Waals surface area (Å²) in [5.74, 6) is 0.0660. The van der Waals surface area contributed by atoms with Crippen molar-refractivity contribution in [3.8, 4) is 0 Å². The number of carbonyl (C=O) groups excluding carboxylic acids is 1. The first-order valence-corrected chi connectivity index (χ1v) is 8.29. The maximum absolute atomic E-state index is 12.2. The highest BCUT2D eigenvalue weighted by Gasteiger charge is 2.20. The Morgan fingerprint density at radius 3 is 2.45 bits per heavy atom. The first-order chi connectivity index (χ1) is 9.20. The van der Waals surface area contributed by atoms with Gasteiger partial charge >= 0.3 is 0 Å². The van der Waals surface area contributed by atoms with Crippen LogP contribution in [0.15, 0.2) is 17.2 Å². The third kappa shape index (κ3) is 3.83. The molecule has 7 heteroatoms. The molecule has 0 saturated heterocycles. The normalized spacial score (nSPS) is 14.8. The molecule has 1 heterocycles. The summed E-state index contributed by atoms with van der Waals surface area (Å²) in [6.07, 6.45) is 2.34. The van der Waals surface area contributed by atoms with Gasteiger partial charge < -0.3 is 9.88 Å².